The van der Waals surface area contributed by atoms with E-state index in [4.69, 9.17) is 4.74 Å². The van der Waals surface area contributed by atoms with Crippen molar-refractivity contribution in [3.8, 4) is 5.75 Å². The van der Waals surface area contributed by atoms with Gasteiger partial charge in [0.25, 0.3) is 0 Å². The van der Waals surface area contributed by atoms with Gasteiger partial charge in [0.1, 0.15) is 16.9 Å². The number of hydrogen-bond acceptors (Lipinski definition) is 4. The monoisotopic (exact) mass is 271 g/mol. The molecule has 4 heteroatoms. The minimum absolute atomic E-state index is 0.703. The van der Waals surface area contributed by atoms with E-state index in [1.54, 1.807) is 7.11 Å². The maximum absolute atomic E-state index is 10.4. The summed E-state index contributed by atoms with van der Waals surface area (Å²) in [7, 11) is 1.61. The largest absolute Gasteiger partial charge is 0.497 e. The van der Waals surface area contributed by atoms with Crippen molar-refractivity contribution in [2.45, 2.75) is 6.10 Å². The van der Waals surface area contributed by atoms with E-state index in [9.17, 15) is 5.11 Å². The lowest BCUT2D eigenvalue weighted by Gasteiger charge is -2.09. The molecular weight excluding hydrogens is 258 g/mol. The number of methoxy groups -OCH3 is 1. The minimum Gasteiger partial charge on any atom is -0.497 e. The van der Waals surface area contributed by atoms with E-state index in [1.807, 2.05) is 48.5 Å². The van der Waals surface area contributed by atoms with E-state index in [2.05, 4.69) is 4.98 Å². The molecule has 0 saturated carbocycles. The number of nitrogens with zero attached hydrogens (tertiary/aromatic N) is 1. The molecule has 0 spiro atoms. The van der Waals surface area contributed by atoms with Crippen molar-refractivity contribution in [1.82, 2.24) is 4.98 Å². The Morgan fingerprint density at radius 1 is 1.16 bits per heavy atom. The summed E-state index contributed by atoms with van der Waals surface area (Å²) in [6.45, 7) is 0. The van der Waals surface area contributed by atoms with E-state index >= 15 is 0 Å². The van der Waals surface area contributed by atoms with Crippen LogP contribution in [0.4, 0.5) is 0 Å². The van der Waals surface area contributed by atoms with Crippen LogP contribution in [0.25, 0.3) is 10.2 Å². The van der Waals surface area contributed by atoms with E-state index in [0.717, 1.165) is 21.5 Å². The summed E-state index contributed by atoms with van der Waals surface area (Å²) >= 11 is 1.51. The van der Waals surface area contributed by atoms with Crippen LogP contribution in [0.3, 0.4) is 0 Å². The zero-order chi connectivity index (χ0) is 13.2. The molecule has 1 heterocycles. The number of thiazole rings is 1. The molecule has 0 aliphatic rings. The number of aliphatic hydroxyl groups excluding tert-OH is 1. The lowest BCUT2D eigenvalue weighted by molar-refractivity contribution is 0.219. The molecule has 0 radical (unpaired) electrons. The number of ether oxygens (including phenoxy) is 1. The van der Waals surface area contributed by atoms with E-state index in [1.165, 1.54) is 11.3 Å². The maximum Gasteiger partial charge on any atom is 0.131 e. The highest BCUT2D eigenvalue weighted by Gasteiger charge is 2.15. The molecule has 3 aromatic rings. The molecule has 1 N–H and O–H groups in total. The smallest absolute Gasteiger partial charge is 0.131 e. The summed E-state index contributed by atoms with van der Waals surface area (Å²) in [5.41, 5.74) is 1.71. The van der Waals surface area contributed by atoms with Crippen LogP contribution in [-0.2, 0) is 0 Å². The Labute approximate surface area is 115 Å². The number of hydrogen-bond donors (Lipinski definition) is 1. The summed E-state index contributed by atoms with van der Waals surface area (Å²) < 4.78 is 6.25. The van der Waals surface area contributed by atoms with Crippen molar-refractivity contribution in [2.75, 3.05) is 7.11 Å². The van der Waals surface area contributed by atoms with Gasteiger partial charge in [-0.25, -0.2) is 4.98 Å². The summed E-state index contributed by atoms with van der Waals surface area (Å²) in [5.74, 6) is 0.734. The van der Waals surface area contributed by atoms with Crippen LogP contribution in [-0.4, -0.2) is 17.2 Å². The number of benzene rings is 2. The Bertz CT molecular complexity index is 675. The van der Waals surface area contributed by atoms with Crippen LogP contribution < -0.4 is 4.74 Å². The molecule has 0 bridgehead atoms. The minimum atomic E-state index is -0.715. The molecule has 1 aromatic heterocycles. The molecule has 0 amide bonds. The number of fused-ring (bicyclic) bond motifs is 1. The fourth-order valence-corrected chi connectivity index (χ4v) is 2.94. The molecule has 96 valence electrons. The molecule has 19 heavy (non-hydrogen) atoms. The number of aliphatic hydroxyl groups is 1. The van der Waals surface area contributed by atoms with Crippen LogP contribution in [0, 0.1) is 0 Å². The second kappa shape index (κ2) is 4.99. The average molecular weight is 271 g/mol. The fraction of sp³-hybridized carbons (Fsp3) is 0.133. The summed E-state index contributed by atoms with van der Waals surface area (Å²) in [5, 5.41) is 11.1. The summed E-state index contributed by atoms with van der Waals surface area (Å²) in [4.78, 5) is 4.47. The van der Waals surface area contributed by atoms with Gasteiger partial charge in [-0.05, 0) is 29.8 Å². The SMILES string of the molecule is COc1cccc(C(O)c2nc3ccccc3s2)c1. The van der Waals surface area contributed by atoms with Gasteiger partial charge in [-0.2, -0.15) is 0 Å². The zero-order valence-electron chi connectivity index (χ0n) is 10.4. The second-order valence-corrected chi connectivity index (χ2v) is 5.26. The van der Waals surface area contributed by atoms with Crippen molar-refractivity contribution >= 4 is 21.6 Å². The third-order valence-electron chi connectivity index (χ3n) is 2.95. The first-order valence-electron chi connectivity index (χ1n) is 5.95. The van der Waals surface area contributed by atoms with Gasteiger partial charge in [-0.1, -0.05) is 24.3 Å². The third-order valence-corrected chi connectivity index (χ3v) is 4.04. The molecule has 0 aliphatic heterocycles. The van der Waals surface area contributed by atoms with Gasteiger partial charge in [0.05, 0.1) is 17.3 Å². The predicted molar refractivity (Wildman–Crippen MR) is 76.7 cm³/mol. The third kappa shape index (κ3) is 2.32. The molecule has 1 atom stereocenters. The lowest BCUT2D eigenvalue weighted by atomic mass is 10.1. The van der Waals surface area contributed by atoms with Crippen molar-refractivity contribution in [1.29, 1.82) is 0 Å². The van der Waals surface area contributed by atoms with Gasteiger partial charge in [-0.15, -0.1) is 11.3 Å². The van der Waals surface area contributed by atoms with Crippen LogP contribution >= 0.6 is 11.3 Å². The molecular formula is C15H13NO2S. The van der Waals surface area contributed by atoms with Gasteiger partial charge >= 0.3 is 0 Å². The van der Waals surface area contributed by atoms with Crippen LogP contribution in [0.15, 0.2) is 48.5 Å². The summed E-state index contributed by atoms with van der Waals surface area (Å²) in [6.07, 6.45) is -0.715. The van der Waals surface area contributed by atoms with E-state index in [0.29, 0.717) is 5.01 Å². The average Bonchev–Trinajstić information content (AvgIpc) is 2.90. The Kier molecular flexibility index (Phi) is 3.19. The van der Waals surface area contributed by atoms with E-state index < -0.39 is 6.10 Å². The fourth-order valence-electron chi connectivity index (χ4n) is 1.96. The normalized spacial score (nSPS) is 12.5. The Morgan fingerprint density at radius 2 is 2.00 bits per heavy atom. The molecule has 0 saturated heterocycles. The van der Waals surface area contributed by atoms with Gasteiger partial charge in [0.15, 0.2) is 0 Å². The first-order valence-corrected chi connectivity index (χ1v) is 6.77. The van der Waals surface area contributed by atoms with E-state index in [-0.39, 0.29) is 0 Å². The van der Waals surface area contributed by atoms with Crippen molar-refractivity contribution in [3.05, 3.63) is 59.1 Å². The number of aromatic nitrogens is 1. The Hall–Kier alpha value is -1.91. The molecule has 1 unspecified atom stereocenters. The Balaban J connectivity index is 2.00. The molecule has 2 aromatic carbocycles. The van der Waals surface area contributed by atoms with Gasteiger partial charge in [0.2, 0.25) is 0 Å². The first-order chi connectivity index (χ1) is 9.28. The second-order valence-electron chi connectivity index (χ2n) is 4.20. The number of para-hydroxylation sites is 1. The highest BCUT2D eigenvalue weighted by atomic mass is 32.1. The van der Waals surface area contributed by atoms with Crippen molar-refractivity contribution in [2.24, 2.45) is 0 Å². The van der Waals surface area contributed by atoms with Gasteiger partial charge in [-0.3, -0.25) is 0 Å². The van der Waals surface area contributed by atoms with Crippen LogP contribution in [0.1, 0.15) is 16.7 Å². The molecule has 3 nitrogen and oxygen atoms in total. The maximum atomic E-state index is 10.4. The topological polar surface area (TPSA) is 42.4 Å². The van der Waals surface area contributed by atoms with Gasteiger partial charge < -0.3 is 9.84 Å². The molecule has 0 fully saturated rings. The first kappa shape index (κ1) is 12.1. The molecule has 3 rings (SSSR count). The highest BCUT2D eigenvalue weighted by molar-refractivity contribution is 7.18. The Morgan fingerprint density at radius 3 is 2.79 bits per heavy atom. The van der Waals surface area contributed by atoms with Gasteiger partial charge in [0, 0.05) is 0 Å². The van der Waals surface area contributed by atoms with Crippen molar-refractivity contribution in [3.63, 3.8) is 0 Å². The van der Waals surface area contributed by atoms with Crippen molar-refractivity contribution < 1.29 is 9.84 Å². The molecule has 0 aliphatic carbocycles. The summed E-state index contributed by atoms with van der Waals surface area (Å²) in [6, 6.07) is 15.3. The predicted octanol–water partition coefficient (Wildman–Crippen LogP) is 3.39. The highest BCUT2D eigenvalue weighted by Crippen LogP contribution is 2.31. The lowest BCUT2D eigenvalue weighted by Crippen LogP contribution is -1.99. The van der Waals surface area contributed by atoms with Crippen LogP contribution in [0.2, 0.25) is 0 Å². The quantitative estimate of drug-likeness (QED) is 0.794. The van der Waals surface area contributed by atoms with Crippen LogP contribution in [0.5, 0.6) is 5.75 Å². The zero-order valence-corrected chi connectivity index (χ0v) is 11.2. The number of rotatable bonds is 3. The standard InChI is InChI=1S/C15H13NO2S/c1-18-11-6-4-5-10(9-11)14(17)15-16-12-7-2-3-8-13(12)19-15/h2-9,14,17H,1H3.